The Bertz CT molecular complexity index is 388. The van der Waals surface area contributed by atoms with Crippen molar-refractivity contribution in [2.45, 2.75) is 46.3 Å². The lowest BCUT2D eigenvalue weighted by atomic mass is 10.2. The van der Waals surface area contributed by atoms with E-state index in [0.29, 0.717) is 6.54 Å². The Balaban J connectivity index is 2.50. The number of nitrogens with one attached hydrogen (secondary N) is 2. The molecule has 0 radical (unpaired) electrons. The summed E-state index contributed by atoms with van der Waals surface area (Å²) in [5.41, 5.74) is 0.912. The SMILES string of the molecule is CCCNC(=O)C(C)Nc1ccc(OC(C)C)cc1. The molecule has 1 aromatic rings. The van der Waals surface area contributed by atoms with Gasteiger partial charge in [0, 0.05) is 12.2 Å². The number of carbonyl (C=O) groups excluding carboxylic acids is 1. The Morgan fingerprint density at radius 3 is 2.37 bits per heavy atom. The van der Waals surface area contributed by atoms with E-state index in [0.717, 1.165) is 17.9 Å². The molecule has 1 amide bonds. The number of hydrogen-bond acceptors (Lipinski definition) is 3. The van der Waals surface area contributed by atoms with Crippen molar-refractivity contribution in [1.29, 1.82) is 0 Å². The van der Waals surface area contributed by atoms with Crippen molar-refractivity contribution in [3.63, 3.8) is 0 Å². The lowest BCUT2D eigenvalue weighted by Crippen LogP contribution is -2.37. The summed E-state index contributed by atoms with van der Waals surface area (Å²) in [5, 5.41) is 6.03. The molecule has 2 N–H and O–H groups in total. The topological polar surface area (TPSA) is 50.4 Å². The van der Waals surface area contributed by atoms with E-state index < -0.39 is 0 Å². The number of hydrogen-bond donors (Lipinski definition) is 2. The first kappa shape index (κ1) is 15.3. The molecule has 0 aliphatic carbocycles. The van der Waals surface area contributed by atoms with Gasteiger partial charge in [-0.15, -0.1) is 0 Å². The number of ether oxygens (including phenoxy) is 1. The maximum absolute atomic E-state index is 11.7. The van der Waals surface area contributed by atoms with Gasteiger partial charge in [-0.05, 0) is 51.5 Å². The minimum atomic E-state index is -0.247. The van der Waals surface area contributed by atoms with Crippen LogP contribution in [0.2, 0.25) is 0 Å². The van der Waals surface area contributed by atoms with Crippen molar-refractivity contribution in [3.8, 4) is 5.75 Å². The average Bonchev–Trinajstić information content (AvgIpc) is 2.37. The molecule has 1 rings (SSSR count). The molecule has 0 saturated carbocycles. The molecule has 19 heavy (non-hydrogen) atoms. The smallest absolute Gasteiger partial charge is 0.242 e. The summed E-state index contributed by atoms with van der Waals surface area (Å²) in [4.78, 5) is 11.7. The van der Waals surface area contributed by atoms with Crippen LogP contribution in [0, 0.1) is 0 Å². The molecule has 0 fully saturated rings. The van der Waals surface area contributed by atoms with Gasteiger partial charge in [0.15, 0.2) is 0 Å². The molecule has 0 aliphatic heterocycles. The Morgan fingerprint density at radius 2 is 1.84 bits per heavy atom. The van der Waals surface area contributed by atoms with Crippen molar-refractivity contribution in [3.05, 3.63) is 24.3 Å². The third kappa shape index (κ3) is 5.64. The zero-order valence-electron chi connectivity index (χ0n) is 12.2. The quantitative estimate of drug-likeness (QED) is 0.796. The highest BCUT2D eigenvalue weighted by atomic mass is 16.5. The van der Waals surface area contributed by atoms with Crippen molar-refractivity contribution in [1.82, 2.24) is 5.32 Å². The van der Waals surface area contributed by atoms with Gasteiger partial charge in [-0.1, -0.05) is 6.92 Å². The van der Waals surface area contributed by atoms with E-state index in [1.165, 1.54) is 0 Å². The zero-order chi connectivity index (χ0) is 14.3. The van der Waals surface area contributed by atoms with Gasteiger partial charge in [-0.3, -0.25) is 4.79 Å². The highest BCUT2D eigenvalue weighted by Crippen LogP contribution is 2.17. The van der Waals surface area contributed by atoms with E-state index >= 15 is 0 Å². The number of anilines is 1. The standard InChI is InChI=1S/C15H24N2O2/c1-5-10-16-15(18)12(4)17-13-6-8-14(9-7-13)19-11(2)3/h6-9,11-12,17H,5,10H2,1-4H3,(H,16,18). The second kappa shape index (κ2) is 7.67. The van der Waals surface area contributed by atoms with Crippen molar-refractivity contribution < 1.29 is 9.53 Å². The van der Waals surface area contributed by atoms with E-state index in [1.807, 2.05) is 52.0 Å². The van der Waals surface area contributed by atoms with Crippen molar-refractivity contribution in [2.75, 3.05) is 11.9 Å². The maximum atomic E-state index is 11.7. The van der Waals surface area contributed by atoms with Gasteiger partial charge in [-0.2, -0.15) is 0 Å². The van der Waals surface area contributed by atoms with Crippen LogP contribution in [0.4, 0.5) is 5.69 Å². The normalized spacial score (nSPS) is 12.1. The maximum Gasteiger partial charge on any atom is 0.242 e. The highest BCUT2D eigenvalue weighted by molar-refractivity contribution is 5.84. The summed E-state index contributed by atoms with van der Waals surface area (Å²) >= 11 is 0. The summed E-state index contributed by atoms with van der Waals surface area (Å²) in [6.45, 7) is 8.58. The molecule has 0 aromatic heterocycles. The third-order valence-electron chi connectivity index (χ3n) is 2.55. The lowest BCUT2D eigenvalue weighted by Gasteiger charge is -2.16. The van der Waals surface area contributed by atoms with Crippen LogP contribution in [-0.4, -0.2) is 24.6 Å². The molecule has 1 unspecified atom stereocenters. The molecule has 0 heterocycles. The van der Waals surface area contributed by atoms with Gasteiger partial charge in [0.1, 0.15) is 11.8 Å². The van der Waals surface area contributed by atoms with Gasteiger partial charge in [0.2, 0.25) is 5.91 Å². The van der Waals surface area contributed by atoms with Gasteiger partial charge in [-0.25, -0.2) is 0 Å². The summed E-state index contributed by atoms with van der Waals surface area (Å²) < 4.78 is 5.57. The van der Waals surface area contributed by atoms with Gasteiger partial charge in [0.25, 0.3) is 0 Å². The van der Waals surface area contributed by atoms with Crippen LogP contribution in [-0.2, 0) is 4.79 Å². The second-order valence-electron chi connectivity index (χ2n) is 4.85. The Labute approximate surface area is 115 Å². The Kier molecular flexibility index (Phi) is 6.19. The van der Waals surface area contributed by atoms with E-state index in [1.54, 1.807) is 0 Å². The summed E-state index contributed by atoms with van der Waals surface area (Å²) in [7, 11) is 0. The van der Waals surface area contributed by atoms with Crippen LogP contribution in [0.25, 0.3) is 0 Å². The molecular formula is C15H24N2O2. The molecule has 4 nitrogen and oxygen atoms in total. The monoisotopic (exact) mass is 264 g/mol. The Morgan fingerprint density at radius 1 is 1.21 bits per heavy atom. The van der Waals surface area contributed by atoms with E-state index in [2.05, 4.69) is 10.6 Å². The molecule has 1 atom stereocenters. The molecule has 1 aromatic carbocycles. The van der Waals surface area contributed by atoms with Crippen LogP contribution >= 0.6 is 0 Å². The van der Waals surface area contributed by atoms with Crippen LogP contribution in [0.1, 0.15) is 34.1 Å². The Hall–Kier alpha value is -1.71. The van der Waals surface area contributed by atoms with Crippen LogP contribution in [0.15, 0.2) is 24.3 Å². The van der Waals surface area contributed by atoms with E-state index in [9.17, 15) is 4.79 Å². The first-order chi connectivity index (χ1) is 9.02. The predicted molar refractivity (Wildman–Crippen MR) is 78.6 cm³/mol. The predicted octanol–water partition coefficient (Wildman–Crippen LogP) is 2.80. The molecule has 4 heteroatoms. The first-order valence-electron chi connectivity index (χ1n) is 6.84. The third-order valence-corrected chi connectivity index (χ3v) is 2.55. The van der Waals surface area contributed by atoms with Crippen LogP contribution in [0.3, 0.4) is 0 Å². The minimum absolute atomic E-state index is 0.0179. The van der Waals surface area contributed by atoms with E-state index in [-0.39, 0.29) is 18.1 Å². The fourth-order valence-corrected chi connectivity index (χ4v) is 1.62. The number of benzene rings is 1. The van der Waals surface area contributed by atoms with E-state index in [4.69, 9.17) is 4.74 Å². The lowest BCUT2D eigenvalue weighted by molar-refractivity contribution is -0.121. The van der Waals surface area contributed by atoms with Crippen LogP contribution in [0.5, 0.6) is 5.75 Å². The molecular weight excluding hydrogens is 240 g/mol. The summed E-state index contributed by atoms with van der Waals surface area (Å²) in [6, 6.07) is 7.39. The second-order valence-corrected chi connectivity index (χ2v) is 4.85. The first-order valence-corrected chi connectivity index (χ1v) is 6.84. The molecule has 0 aliphatic rings. The van der Waals surface area contributed by atoms with Crippen LogP contribution < -0.4 is 15.4 Å². The fourth-order valence-electron chi connectivity index (χ4n) is 1.62. The highest BCUT2D eigenvalue weighted by Gasteiger charge is 2.11. The molecule has 0 bridgehead atoms. The molecule has 0 saturated heterocycles. The van der Waals surface area contributed by atoms with Gasteiger partial charge in [0.05, 0.1) is 6.10 Å². The largest absolute Gasteiger partial charge is 0.491 e. The molecule has 106 valence electrons. The fraction of sp³-hybridized carbons (Fsp3) is 0.533. The molecule has 0 spiro atoms. The minimum Gasteiger partial charge on any atom is -0.491 e. The zero-order valence-corrected chi connectivity index (χ0v) is 12.2. The number of rotatable bonds is 7. The average molecular weight is 264 g/mol. The number of amides is 1. The van der Waals surface area contributed by atoms with Crippen molar-refractivity contribution in [2.24, 2.45) is 0 Å². The van der Waals surface area contributed by atoms with Gasteiger partial charge < -0.3 is 15.4 Å². The number of carbonyl (C=O) groups is 1. The summed E-state index contributed by atoms with van der Waals surface area (Å²) in [6.07, 6.45) is 1.11. The summed E-state index contributed by atoms with van der Waals surface area (Å²) in [5.74, 6) is 0.855. The van der Waals surface area contributed by atoms with Crippen molar-refractivity contribution >= 4 is 11.6 Å². The van der Waals surface area contributed by atoms with Gasteiger partial charge >= 0.3 is 0 Å².